The lowest BCUT2D eigenvalue weighted by molar-refractivity contribution is 0.0960. The summed E-state index contributed by atoms with van der Waals surface area (Å²) >= 11 is 0. The molecule has 1 aliphatic heterocycles. The van der Waals surface area contributed by atoms with Gasteiger partial charge in [0.25, 0.3) is 5.91 Å². The number of carbonyl (C=O) groups excluding carboxylic acids is 1. The molecule has 0 unspecified atom stereocenters. The van der Waals surface area contributed by atoms with Crippen molar-refractivity contribution in [1.29, 1.82) is 0 Å². The van der Waals surface area contributed by atoms with Crippen LogP contribution in [0.4, 0.5) is 5.69 Å². The molecule has 4 heteroatoms. The van der Waals surface area contributed by atoms with Gasteiger partial charge in [0.05, 0.1) is 6.26 Å². The zero-order valence-electron chi connectivity index (χ0n) is 18.5. The molecule has 0 N–H and O–H groups in total. The third kappa shape index (κ3) is 4.59. The summed E-state index contributed by atoms with van der Waals surface area (Å²) in [6.45, 7) is 8.56. The molecule has 4 nitrogen and oxygen atoms in total. The van der Waals surface area contributed by atoms with Crippen molar-refractivity contribution < 1.29 is 13.9 Å². The first kappa shape index (κ1) is 21.4. The molecular formula is C28H27NO3. The van der Waals surface area contributed by atoms with Crippen LogP contribution >= 0.6 is 0 Å². The number of benzene rings is 2. The fourth-order valence-corrected chi connectivity index (χ4v) is 3.75. The zero-order valence-corrected chi connectivity index (χ0v) is 18.5. The van der Waals surface area contributed by atoms with Gasteiger partial charge in [0.15, 0.2) is 5.76 Å². The van der Waals surface area contributed by atoms with Crippen molar-refractivity contribution in [2.24, 2.45) is 0 Å². The van der Waals surface area contributed by atoms with Gasteiger partial charge in [-0.1, -0.05) is 55.1 Å². The largest absolute Gasteiger partial charge is 0.483 e. The summed E-state index contributed by atoms with van der Waals surface area (Å²) in [6, 6.07) is 17.1. The fraction of sp³-hybridized carbons (Fsp3) is 0.179. The average Bonchev–Trinajstić information content (AvgIpc) is 3.33. The predicted octanol–water partition coefficient (Wildman–Crippen LogP) is 6.86. The summed E-state index contributed by atoms with van der Waals surface area (Å²) in [5.41, 5.74) is 3.66. The van der Waals surface area contributed by atoms with Gasteiger partial charge < -0.3 is 14.1 Å². The van der Waals surface area contributed by atoms with E-state index in [4.69, 9.17) is 9.15 Å². The summed E-state index contributed by atoms with van der Waals surface area (Å²) in [5.74, 6) is 1.03. The molecule has 1 amide bonds. The Kier molecular flexibility index (Phi) is 6.13. The lowest BCUT2D eigenvalue weighted by atomic mass is 9.94. The Hall–Kier alpha value is -3.79. The van der Waals surface area contributed by atoms with Crippen LogP contribution in [0.25, 0.3) is 18.2 Å². The van der Waals surface area contributed by atoms with Gasteiger partial charge in [0.2, 0.25) is 0 Å². The molecule has 0 atom stereocenters. The zero-order chi connectivity index (χ0) is 22.6. The second kappa shape index (κ2) is 9.15. The second-order valence-corrected chi connectivity index (χ2v) is 8.18. The van der Waals surface area contributed by atoms with Crippen LogP contribution in [0.1, 0.15) is 47.5 Å². The standard InChI is InChI=1S/C28H27NO3/c1-4-21-15-16-25-24(17-18-28(2,3)32-25)23(21)13-8-9-19-29(22-11-6-5-7-12-22)27(30)26-14-10-20-31-26/h4-8,10-18,20H,1,9,19H2,2-3H3/b13-8-. The smallest absolute Gasteiger partial charge is 0.293 e. The first-order valence-electron chi connectivity index (χ1n) is 10.7. The number of rotatable bonds is 7. The van der Waals surface area contributed by atoms with Crippen LogP contribution in [0.15, 0.2) is 84.0 Å². The Morgan fingerprint density at radius 3 is 2.62 bits per heavy atom. The number of hydrogen-bond donors (Lipinski definition) is 0. The molecule has 0 bridgehead atoms. The third-order valence-electron chi connectivity index (χ3n) is 5.37. The molecule has 32 heavy (non-hydrogen) atoms. The number of ether oxygens (including phenoxy) is 1. The van der Waals surface area contributed by atoms with Crippen molar-refractivity contribution in [1.82, 2.24) is 0 Å². The van der Waals surface area contributed by atoms with E-state index in [1.165, 1.54) is 6.26 Å². The van der Waals surface area contributed by atoms with E-state index in [0.717, 1.165) is 28.1 Å². The molecule has 2 heterocycles. The van der Waals surface area contributed by atoms with Crippen LogP contribution in [0.3, 0.4) is 0 Å². The minimum atomic E-state index is -0.327. The summed E-state index contributed by atoms with van der Waals surface area (Å²) in [7, 11) is 0. The van der Waals surface area contributed by atoms with Crippen molar-refractivity contribution in [3.63, 3.8) is 0 Å². The minimum absolute atomic E-state index is 0.156. The number of hydrogen-bond acceptors (Lipinski definition) is 3. The van der Waals surface area contributed by atoms with Crippen LogP contribution in [0.5, 0.6) is 5.75 Å². The monoisotopic (exact) mass is 425 g/mol. The molecule has 0 saturated heterocycles. The van der Waals surface area contributed by atoms with E-state index in [2.05, 4.69) is 30.9 Å². The topological polar surface area (TPSA) is 42.7 Å². The van der Waals surface area contributed by atoms with E-state index < -0.39 is 0 Å². The summed E-state index contributed by atoms with van der Waals surface area (Å²) in [4.78, 5) is 14.7. The first-order valence-corrected chi connectivity index (χ1v) is 10.7. The fourth-order valence-electron chi connectivity index (χ4n) is 3.75. The number of anilines is 1. The number of nitrogens with zero attached hydrogens (tertiary/aromatic N) is 1. The van der Waals surface area contributed by atoms with Crippen LogP contribution in [0, 0.1) is 0 Å². The van der Waals surface area contributed by atoms with E-state index in [0.29, 0.717) is 18.7 Å². The SMILES string of the molecule is C=Cc1ccc2c(c1/C=C\CCN(C(=O)c1ccco1)c1ccccc1)C=CC(C)(C)O2. The van der Waals surface area contributed by atoms with Gasteiger partial charge in [-0.15, -0.1) is 0 Å². The molecule has 0 radical (unpaired) electrons. The van der Waals surface area contributed by atoms with Crippen molar-refractivity contribution in [2.45, 2.75) is 25.9 Å². The van der Waals surface area contributed by atoms with Gasteiger partial charge >= 0.3 is 0 Å². The van der Waals surface area contributed by atoms with Gasteiger partial charge in [-0.3, -0.25) is 4.79 Å². The highest BCUT2D eigenvalue weighted by Crippen LogP contribution is 2.35. The van der Waals surface area contributed by atoms with Crippen molar-refractivity contribution in [2.75, 3.05) is 11.4 Å². The Morgan fingerprint density at radius 2 is 1.91 bits per heavy atom. The third-order valence-corrected chi connectivity index (χ3v) is 5.37. The van der Waals surface area contributed by atoms with Gasteiger partial charge in [0.1, 0.15) is 11.4 Å². The molecule has 0 spiro atoms. The van der Waals surface area contributed by atoms with E-state index in [1.807, 2.05) is 62.4 Å². The Balaban J connectivity index is 1.56. The highest BCUT2D eigenvalue weighted by atomic mass is 16.5. The molecule has 0 aliphatic carbocycles. The molecule has 4 rings (SSSR count). The maximum Gasteiger partial charge on any atom is 0.293 e. The lowest BCUT2D eigenvalue weighted by Crippen LogP contribution is -2.31. The average molecular weight is 426 g/mol. The molecule has 1 aliphatic rings. The summed E-state index contributed by atoms with van der Waals surface area (Å²) < 4.78 is 11.5. The molecule has 0 fully saturated rings. The molecular weight excluding hydrogens is 398 g/mol. The van der Waals surface area contributed by atoms with E-state index >= 15 is 0 Å². The van der Waals surface area contributed by atoms with Crippen molar-refractivity contribution >= 4 is 29.8 Å². The first-order chi connectivity index (χ1) is 15.5. The van der Waals surface area contributed by atoms with Gasteiger partial charge in [-0.05, 0) is 67.8 Å². The van der Waals surface area contributed by atoms with Gasteiger partial charge in [0, 0.05) is 17.8 Å². The summed E-state index contributed by atoms with van der Waals surface area (Å²) in [5, 5.41) is 0. The van der Waals surface area contributed by atoms with Crippen LogP contribution in [-0.4, -0.2) is 18.1 Å². The second-order valence-electron chi connectivity index (χ2n) is 8.18. The molecule has 3 aromatic rings. The minimum Gasteiger partial charge on any atom is -0.483 e. The van der Waals surface area contributed by atoms with Gasteiger partial charge in [-0.2, -0.15) is 0 Å². The van der Waals surface area contributed by atoms with E-state index in [-0.39, 0.29) is 11.5 Å². The number of fused-ring (bicyclic) bond motifs is 1. The van der Waals surface area contributed by atoms with E-state index in [9.17, 15) is 4.79 Å². The quantitative estimate of drug-likeness (QED) is 0.415. The summed E-state index contributed by atoms with van der Waals surface area (Å²) in [6.07, 6.45) is 12.4. The molecule has 162 valence electrons. The maximum atomic E-state index is 13.0. The van der Waals surface area contributed by atoms with E-state index in [1.54, 1.807) is 17.0 Å². The highest BCUT2D eigenvalue weighted by Gasteiger charge is 2.23. The predicted molar refractivity (Wildman–Crippen MR) is 131 cm³/mol. The Morgan fingerprint density at radius 1 is 1.09 bits per heavy atom. The lowest BCUT2D eigenvalue weighted by Gasteiger charge is -2.29. The molecule has 2 aromatic carbocycles. The highest BCUT2D eigenvalue weighted by molar-refractivity contribution is 6.04. The Bertz CT molecular complexity index is 1150. The van der Waals surface area contributed by atoms with Crippen molar-refractivity contribution in [3.05, 3.63) is 102 Å². The maximum absolute atomic E-state index is 13.0. The molecule has 1 aromatic heterocycles. The van der Waals surface area contributed by atoms with Crippen LogP contribution in [0.2, 0.25) is 0 Å². The Labute approximate surface area is 189 Å². The van der Waals surface area contributed by atoms with Crippen LogP contribution < -0.4 is 9.64 Å². The molecule has 0 saturated carbocycles. The number of amides is 1. The number of para-hydroxylation sites is 1. The normalized spacial score (nSPS) is 14.1. The van der Waals surface area contributed by atoms with Crippen LogP contribution in [-0.2, 0) is 0 Å². The number of carbonyl (C=O) groups is 1. The van der Waals surface area contributed by atoms with Crippen molar-refractivity contribution in [3.8, 4) is 5.75 Å². The van der Waals surface area contributed by atoms with Gasteiger partial charge in [-0.25, -0.2) is 0 Å². The number of furan rings is 1.